The van der Waals surface area contributed by atoms with E-state index in [0.29, 0.717) is 30.0 Å². The van der Waals surface area contributed by atoms with Crippen molar-refractivity contribution < 1.29 is 14.6 Å². The number of amides is 2. The third-order valence-electron chi connectivity index (χ3n) is 4.33. The van der Waals surface area contributed by atoms with Gasteiger partial charge in [-0.1, -0.05) is 24.3 Å². The molecule has 1 aliphatic rings. The number of rotatable bonds is 5. The molecule has 1 atom stereocenters. The van der Waals surface area contributed by atoms with Gasteiger partial charge in [0.2, 0.25) is 0 Å². The summed E-state index contributed by atoms with van der Waals surface area (Å²) in [5.41, 5.74) is 1.71. The topological polar surface area (TPSA) is 85.6 Å². The van der Waals surface area contributed by atoms with Crippen LogP contribution in [0.3, 0.4) is 0 Å². The zero-order valence-corrected chi connectivity index (χ0v) is 14.4. The van der Waals surface area contributed by atoms with Gasteiger partial charge in [0, 0.05) is 24.4 Å². The van der Waals surface area contributed by atoms with E-state index in [0.717, 1.165) is 12.8 Å². The Bertz CT molecular complexity index is 810. The highest BCUT2D eigenvalue weighted by Gasteiger charge is 2.23. The minimum absolute atomic E-state index is 0.00273. The molecule has 0 aromatic heterocycles. The average Bonchev–Trinajstić information content (AvgIpc) is 3.16. The summed E-state index contributed by atoms with van der Waals surface area (Å²) in [6.45, 7) is 1.43. The van der Waals surface area contributed by atoms with Crippen molar-refractivity contribution in [2.75, 3.05) is 18.5 Å². The van der Waals surface area contributed by atoms with Crippen LogP contribution in [-0.2, 0) is 11.3 Å². The highest BCUT2D eigenvalue weighted by Crippen LogP contribution is 2.21. The van der Waals surface area contributed by atoms with Gasteiger partial charge in [-0.15, -0.1) is 0 Å². The molecule has 2 aromatic rings. The summed E-state index contributed by atoms with van der Waals surface area (Å²) in [6.07, 6.45) is 1.90. The molecule has 2 N–H and O–H groups in total. The number of para-hydroxylation sites is 1. The van der Waals surface area contributed by atoms with E-state index in [4.69, 9.17) is 10.00 Å². The summed E-state index contributed by atoms with van der Waals surface area (Å²) >= 11 is 0. The lowest BCUT2D eigenvalue weighted by molar-refractivity contribution is 0.0817. The van der Waals surface area contributed by atoms with Crippen molar-refractivity contribution in [3.8, 4) is 11.8 Å². The number of nitrogens with one attached hydrogen (secondary N) is 1. The molecular formula is C20H21N3O3. The molecule has 0 spiro atoms. The number of ether oxygens (including phenoxy) is 1. The van der Waals surface area contributed by atoms with Gasteiger partial charge in [0.25, 0.3) is 0 Å². The van der Waals surface area contributed by atoms with Gasteiger partial charge in [0.05, 0.1) is 24.3 Å². The Morgan fingerprint density at radius 1 is 1.31 bits per heavy atom. The summed E-state index contributed by atoms with van der Waals surface area (Å²) in [4.78, 5) is 14.4. The third-order valence-corrected chi connectivity index (χ3v) is 4.33. The van der Waals surface area contributed by atoms with E-state index < -0.39 is 0 Å². The van der Waals surface area contributed by atoms with Crippen LogP contribution in [0, 0.1) is 11.3 Å². The van der Waals surface area contributed by atoms with Gasteiger partial charge in [-0.3, -0.25) is 0 Å². The van der Waals surface area contributed by atoms with E-state index in [-0.39, 0.29) is 24.4 Å². The van der Waals surface area contributed by atoms with Gasteiger partial charge in [-0.05, 0) is 37.1 Å². The molecule has 1 aliphatic heterocycles. The molecule has 0 aliphatic carbocycles. The summed E-state index contributed by atoms with van der Waals surface area (Å²) in [5, 5.41) is 21.9. The van der Waals surface area contributed by atoms with Gasteiger partial charge < -0.3 is 20.1 Å². The SMILES string of the molecule is N#Cc1cccc(NC(=O)N(Cc2ccccc2O)CC2CCCO2)c1. The normalized spacial score (nSPS) is 16.0. The predicted octanol–water partition coefficient (Wildman–Crippen LogP) is 3.48. The molecular weight excluding hydrogens is 330 g/mol. The Balaban J connectivity index is 1.75. The van der Waals surface area contributed by atoms with Gasteiger partial charge in [0.1, 0.15) is 5.75 Å². The van der Waals surface area contributed by atoms with Gasteiger partial charge in [-0.25, -0.2) is 4.79 Å². The third kappa shape index (κ3) is 4.52. The van der Waals surface area contributed by atoms with Crippen molar-refractivity contribution in [2.45, 2.75) is 25.5 Å². The molecule has 1 unspecified atom stereocenters. The molecule has 1 saturated heterocycles. The number of phenolic OH excluding ortho intramolecular Hbond substituents is 1. The molecule has 2 amide bonds. The molecule has 6 heteroatoms. The van der Waals surface area contributed by atoms with Crippen molar-refractivity contribution >= 4 is 11.7 Å². The lowest BCUT2D eigenvalue weighted by Gasteiger charge is -2.26. The molecule has 26 heavy (non-hydrogen) atoms. The Labute approximate surface area is 152 Å². The maximum atomic E-state index is 12.8. The highest BCUT2D eigenvalue weighted by molar-refractivity contribution is 5.89. The van der Waals surface area contributed by atoms with E-state index in [9.17, 15) is 9.90 Å². The molecule has 1 fully saturated rings. The fourth-order valence-corrected chi connectivity index (χ4v) is 2.97. The smallest absolute Gasteiger partial charge is 0.322 e. The van der Waals surface area contributed by atoms with Crippen molar-refractivity contribution in [1.29, 1.82) is 5.26 Å². The number of hydrogen-bond donors (Lipinski definition) is 2. The summed E-state index contributed by atoms with van der Waals surface area (Å²) < 4.78 is 5.66. The van der Waals surface area contributed by atoms with Crippen LogP contribution in [0.15, 0.2) is 48.5 Å². The minimum Gasteiger partial charge on any atom is -0.508 e. The van der Waals surface area contributed by atoms with Crippen molar-refractivity contribution in [3.05, 3.63) is 59.7 Å². The maximum Gasteiger partial charge on any atom is 0.322 e. The summed E-state index contributed by atoms with van der Waals surface area (Å²) in [6, 6.07) is 15.5. The standard InChI is InChI=1S/C20H21N3O3/c21-12-15-5-3-7-17(11-15)22-20(25)23(14-18-8-4-10-26-18)13-16-6-1-2-9-19(16)24/h1-3,5-7,9,11,18,24H,4,8,10,13-14H2,(H,22,25). The predicted molar refractivity (Wildman–Crippen MR) is 97.7 cm³/mol. The largest absolute Gasteiger partial charge is 0.508 e. The number of urea groups is 1. The number of nitrogens with zero attached hydrogens (tertiary/aromatic N) is 2. The summed E-state index contributed by atoms with van der Waals surface area (Å²) in [7, 11) is 0. The van der Waals surface area contributed by atoms with Crippen LogP contribution in [-0.4, -0.2) is 35.3 Å². The number of carbonyl (C=O) groups is 1. The first-order valence-electron chi connectivity index (χ1n) is 8.60. The number of carbonyl (C=O) groups excluding carboxylic acids is 1. The number of anilines is 1. The molecule has 0 saturated carbocycles. The van der Waals surface area contributed by atoms with Crippen LogP contribution in [0.25, 0.3) is 0 Å². The maximum absolute atomic E-state index is 12.8. The molecule has 1 heterocycles. The van der Waals surface area contributed by atoms with Crippen LogP contribution in [0.1, 0.15) is 24.0 Å². The van der Waals surface area contributed by atoms with E-state index in [2.05, 4.69) is 11.4 Å². The number of nitriles is 1. The molecule has 0 radical (unpaired) electrons. The van der Waals surface area contributed by atoms with Gasteiger partial charge in [0.15, 0.2) is 0 Å². The van der Waals surface area contributed by atoms with Crippen LogP contribution < -0.4 is 5.32 Å². The minimum atomic E-state index is -0.293. The zero-order valence-electron chi connectivity index (χ0n) is 14.4. The summed E-state index contributed by atoms with van der Waals surface area (Å²) in [5.74, 6) is 0.157. The monoisotopic (exact) mass is 351 g/mol. The van der Waals surface area contributed by atoms with Gasteiger partial charge >= 0.3 is 6.03 Å². The Hall–Kier alpha value is -3.04. The van der Waals surface area contributed by atoms with Crippen LogP contribution in [0.2, 0.25) is 0 Å². The second-order valence-electron chi connectivity index (χ2n) is 6.27. The average molecular weight is 351 g/mol. The second kappa shape index (κ2) is 8.37. The zero-order chi connectivity index (χ0) is 18.4. The highest BCUT2D eigenvalue weighted by atomic mass is 16.5. The van der Waals surface area contributed by atoms with Crippen LogP contribution in [0.5, 0.6) is 5.75 Å². The first kappa shape index (κ1) is 17.8. The van der Waals surface area contributed by atoms with Crippen molar-refractivity contribution in [2.24, 2.45) is 0 Å². The number of phenols is 1. The van der Waals surface area contributed by atoms with Crippen molar-refractivity contribution in [3.63, 3.8) is 0 Å². The number of benzene rings is 2. The number of aromatic hydroxyl groups is 1. The van der Waals surface area contributed by atoms with Crippen molar-refractivity contribution in [1.82, 2.24) is 4.90 Å². The number of hydrogen-bond acceptors (Lipinski definition) is 4. The molecule has 134 valence electrons. The molecule has 3 rings (SSSR count). The molecule has 0 bridgehead atoms. The quantitative estimate of drug-likeness (QED) is 0.863. The van der Waals surface area contributed by atoms with E-state index in [1.165, 1.54) is 0 Å². The van der Waals surface area contributed by atoms with E-state index >= 15 is 0 Å². The first-order valence-corrected chi connectivity index (χ1v) is 8.60. The van der Waals surface area contributed by atoms with Crippen LogP contribution in [0.4, 0.5) is 10.5 Å². The van der Waals surface area contributed by atoms with Crippen LogP contribution >= 0.6 is 0 Å². The Morgan fingerprint density at radius 2 is 2.15 bits per heavy atom. The lowest BCUT2D eigenvalue weighted by Crippen LogP contribution is -2.39. The van der Waals surface area contributed by atoms with Gasteiger partial charge in [-0.2, -0.15) is 5.26 Å². The first-order chi connectivity index (χ1) is 12.7. The fourth-order valence-electron chi connectivity index (χ4n) is 2.97. The van der Waals surface area contributed by atoms with E-state index in [1.54, 1.807) is 47.4 Å². The Morgan fingerprint density at radius 3 is 2.88 bits per heavy atom. The Kier molecular flexibility index (Phi) is 5.72. The van der Waals surface area contributed by atoms with E-state index in [1.807, 2.05) is 6.07 Å². The fraction of sp³-hybridized carbons (Fsp3) is 0.300. The second-order valence-corrected chi connectivity index (χ2v) is 6.27. The molecule has 2 aromatic carbocycles. The lowest BCUT2D eigenvalue weighted by atomic mass is 10.1. The molecule has 6 nitrogen and oxygen atoms in total.